The Morgan fingerprint density at radius 3 is 2.30 bits per heavy atom. The Bertz CT molecular complexity index is 489. The van der Waals surface area contributed by atoms with Crippen molar-refractivity contribution < 1.29 is 0 Å². The van der Waals surface area contributed by atoms with Gasteiger partial charge in [0.1, 0.15) is 11.7 Å². The normalized spacial score (nSPS) is 11.3. The molecule has 4 N–H and O–H groups in total. The molecule has 0 heterocycles. The summed E-state index contributed by atoms with van der Waals surface area (Å²) in [5, 5.41) is 10.9. The molecule has 0 saturated heterocycles. The monoisotopic (exact) mass is 316 g/mol. The van der Waals surface area contributed by atoms with Gasteiger partial charge in [-0.05, 0) is 30.5 Å². The SMILES string of the molecule is CCCCCCCCc1ccc(N/C(N)=C/C(=N)N(C)C)cc1. The molecule has 0 amide bonds. The van der Waals surface area contributed by atoms with Gasteiger partial charge in [-0.15, -0.1) is 0 Å². The summed E-state index contributed by atoms with van der Waals surface area (Å²) in [5.41, 5.74) is 8.23. The highest BCUT2D eigenvalue weighted by molar-refractivity contribution is 5.90. The van der Waals surface area contributed by atoms with E-state index in [0.717, 1.165) is 12.1 Å². The Morgan fingerprint density at radius 1 is 1.09 bits per heavy atom. The largest absolute Gasteiger partial charge is 0.385 e. The lowest BCUT2D eigenvalue weighted by atomic mass is 10.0. The highest BCUT2D eigenvalue weighted by Gasteiger charge is 1.99. The van der Waals surface area contributed by atoms with Crippen molar-refractivity contribution in [2.75, 3.05) is 19.4 Å². The van der Waals surface area contributed by atoms with Crippen molar-refractivity contribution in [2.24, 2.45) is 5.73 Å². The molecule has 0 aliphatic carbocycles. The van der Waals surface area contributed by atoms with E-state index in [1.807, 2.05) is 26.2 Å². The van der Waals surface area contributed by atoms with E-state index in [1.54, 1.807) is 11.0 Å². The van der Waals surface area contributed by atoms with Crippen LogP contribution in [0.5, 0.6) is 0 Å². The molecular formula is C19H32N4. The fraction of sp³-hybridized carbons (Fsp3) is 0.526. The summed E-state index contributed by atoms with van der Waals surface area (Å²) < 4.78 is 0. The Labute approximate surface area is 141 Å². The predicted molar refractivity (Wildman–Crippen MR) is 101 cm³/mol. The van der Waals surface area contributed by atoms with Crippen molar-refractivity contribution in [3.63, 3.8) is 0 Å². The minimum absolute atomic E-state index is 0.370. The second-order valence-electron chi connectivity index (χ2n) is 6.22. The van der Waals surface area contributed by atoms with E-state index in [0.29, 0.717) is 11.7 Å². The van der Waals surface area contributed by atoms with Crippen LogP contribution in [0.4, 0.5) is 5.69 Å². The van der Waals surface area contributed by atoms with E-state index >= 15 is 0 Å². The summed E-state index contributed by atoms with van der Waals surface area (Å²) in [5.74, 6) is 0.849. The van der Waals surface area contributed by atoms with E-state index in [4.69, 9.17) is 11.1 Å². The molecule has 0 radical (unpaired) electrons. The van der Waals surface area contributed by atoms with Crippen LogP contribution >= 0.6 is 0 Å². The smallest absolute Gasteiger partial charge is 0.123 e. The molecule has 1 aromatic rings. The Kier molecular flexibility index (Phi) is 8.88. The molecule has 1 rings (SSSR count). The maximum absolute atomic E-state index is 7.74. The van der Waals surface area contributed by atoms with Gasteiger partial charge >= 0.3 is 0 Å². The van der Waals surface area contributed by atoms with Crippen LogP contribution in [0, 0.1) is 5.41 Å². The number of nitrogens with one attached hydrogen (secondary N) is 2. The number of likely N-dealkylation sites (N-methyl/N-ethyl adjacent to an activating group) is 1. The average Bonchev–Trinajstić information content (AvgIpc) is 2.52. The molecule has 0 fully saturated rings. The fourth-order valence-corrected chi connectivity index (χ4v) is 2.34. The van der Waals surface area contributed by atoms with Crippen molar-refractivity contribution in [3.05, 3.63) is 41.7 Å². The molecular weight excluding hydrogens is 284 g/mol. The van der Waals surface area contributed by atoms with Gasteiger partial charge in [0, 0.05) is 25.9 Å². The number of hydrogen-bond donors (Lipinski definition) is 3. The zero-order chi connectivity index (χ0) is 17.1. The topological polar surface area (TPSA) is 65.1 Å². The van der Waals surface area contributed by atoms with Gasteiger partial charge in [-0.2, -0.15) is 0 Å². The third kappa shape index (κ3) is 8.29. The number of anilines is 1. The van der Waals surface area contributed by atoms with E-state index < -0.39 is 0 Å². The summed E-state index contributed by atoms with van der Waals surface area (Å²) in [6.45, 7) is 2.25. The quantitative estimate of drug-likeness (QED) is 0.342. The number of hydrogen-bond acceptors (Lipinski definition) is 3. The van der Waals surface area contributed by atoms with Gasteiger partial charge in [0.05, 0.1) is 0 Å². The first kappa shape index (κ1) is 19.1. The highest BCUT2D eigenvalue weighted by Crippen LogP contribution is 2.14. The van der Waals surface area contributed by atoms with Gasteiger partial charge in [-0.1, -0.05) is 51.2 Å². The van der Waals surface area contributed by atoms with Gasteiger partial charge in [0.2, 0.25) is 0 Å². The van der Waals surface area contributed by atoms with Crippen molar-refractivity contribution in [3.8, 4) is 0 Å². The fourth-order valence-electron chi connectivity index (χ4n) is 2.34. The molecule has 0 bridgehead atoms. The summed E-state index contributed by atoms with van der Waals surface area (Å²) >= 11 is 0. The van der Waals surface area contributed by atoms with Gasteiger partial charge in [-0.3, -0.25) is 5.41 Å². The highest BCUT2D eigenvalue weighted by atomic mass is 15.1. The number of unbranched alkanes of at least 4 members (excludes halogenated alkanes) is 5. The molecule has 23 heavy (non-hydrogen) atoms. The molecule has 0 saturated carbocycles. The molecule has 0 aliphatic heterocycles. The van der Waals surface area contributed by atoms with Crippen molar-refractivity contribution in [2.45, 2.75) is 51.9 Å². The van der Waals surface area contributed by atoms with Crippen LogP contribution in [0.25, 0.3) is 0 Å². The first-order chi connectivity index (χ1) is 11.0. The van der Waals surface area contributed by atoms with E-state index in [9.17, 15) is 0 Å². The first-order valence-corrected chi connectivity index (χ1v) is 8.62. The van der Waals surface area contributed by atoms with Crippen LogP contribution in [-0.4, -0.2) is 24.8 Å². The van der Waals surface area contributed by atoms with Crippen molar-refractivity contribution >= 4 is 11.5 Å². The standard InChI is InChI=1S/C19H32N4/c1-4-5-6-7-8-9-10-16-11-13-17(14-12-16)22-18(20)15-19(21)23(2)3/h11-15,21-22H,4-10,20H2,1-3H3/b18-15+,21-19?. The molecule has 0 aromatic heterocycles. The summed E-state index contributed by atoms with van der Waals surface area (Å²) in [6.07, 6.45) is 10.7. The van der Waals surface area contributed by atoms with Gasteiger partial charge in [0.25, 0.3) is 0 Å². The minimum atomic E-state index is 0.370. The van der Waals surface area contributed by atoms with E-state index in [-0.39, 0.29) is 0 Å². The van der Waals surface area contributed by atoms with Crippen LogP contribution in [0.2, 0.25) is 0 Å². The first-order valence-electron chi connectivity index (χ1n) is 8.62. The molecule has 0 atom stereocenters. The summed E-state index contributed by atoms with van der Waals surface area (Å²) in [4.78, 5) is 1.71. The number of nitrogens with two attached hydrogens (primary N) is 1. The lowest BCUT2D eigenvalue weighted by Gasteiger charge is -2.12. The zero-order valence-electron chi connectivity index (χ0n) is 14.9. The molecule has 0 spiro atoms. The van der Waals surface area contributed by atoms with Crippen LogP contribution in [0.15, 0.2) is 36.2 Å². The number of rotatable bonds is 10. The second kappa shape index (κ2) is 10.7. The van der Waals surface area contributed by atoms with Gasteiger partial charge < -0.3 is 16.0 Å². The number of aryl methyl sites for hydroxylation is 1. The van der Waals surface area contributed by atoms with E-state index in [2.05, 4.69) is 24.4 Å². The number of amidine groups is 1. The van der Waals surface area contributed by atoms with Gasteiger partial charge in [-0.25, -0.2) is 0 Å². The summed E-state index contributed by atoms with van der Waals surface area (Å²) in [7, 11) is 3.65. The van der Waals surface area contributed by atoms with Gasteiger partial charge in [0.15, 0.2) is 0 Å². The maximum Gasteiger partial charge on any atom is 0.123 e. The number of benzene rings is 1. The molecule has 0 unspecified atom stereocenters. The van der Waals surface area contributed by atoms with Crippen molar-refractivity contribution in [1.82, 2.24) is 4.90 Å². The second-order valence-corrected chi connectivity index (χ2v) is 6.22. The molecule has 4 nitrogen and oxygen atoms in total. The van der Waals surface area contributed by atoms with Crippen molar-refractivity contribution in [1.29, 1.82) is 5.41 Å². The van der Waals surface area contributed by atoms with Crippen LogP contribution in [-0.2, 0) is 6.42 Å². The maximum atomic E-state index is 7.74. The lowest BCUT2D eigenvalue weighted by Crippen LogP contribution is -2.21. The van der Waals surface area contributed by atoms with E-state index in [1.165, 1.54) is 44.1 Å². The molecule has 4 heteroatoms. The Morgan fingerprint density at radius 2 is 1.70 bits per heavy atom. The van der Waals surface area contributed by atoms with Crippen LogP contribution in [0.1, 0.15) is 51.0 Å². The third-order valence-electron chi connectivity index (χ3n) is 3.84. The molecule has 0 aliphatic rings. The third-order valence-corrected chi connectivity index (χ3v) is 3.84. The lowest BCUT2D eigenvalue weighted by molar-refractivity contribution is 0.607. The molecule has 1 aromatic carbocycles. The zero-order valence-corrected chi connectivity index (χ0v) is 14.9. The average molecular weight is 316 g/mol. The predicted octanol–water partition coefficient (Wildman–Crippen LogP) is 4.34. The van der Waals surface area contributed by atoms with Crippen LogP contribution < -0.4 is 11.1 Å². The number of nitrogens with zero attached hydrogens (tertiary/aromatic N) is 1. The van der Waals surface area contributed by atoms with Crippen LogP contribution in [0.3, 0.4) is 0 Å². The minimum Gasteiger partial charge on any atom is -0.385 e. The molecule has 128 valence electrons. The Balaban J connectivity index is 2.37. The Hall–Kier alpha value is -1.97. The summed E-state index contributed by atoms with van der Waals surface area (Å²) in [6, 6.07) is 8.40.